The predicted molar refractivity (Wildman–Crippen MR) is 84.3 cm³/mol. The van der Waals surface area contributed by atoms with E-state index in [0.717, 1.165) is 18.4 Å². The van der Waals surface area contributed by atoms with Crippen LogP contribution in [0.5, 0.6) is 0 Å². The summed E-state index contributed by atoms with van der Waals surface area (Å²) in [7, 11) is 3.54. The van der Waals surface area contributed by atoms with E-state index in [-0.39, 0.29) is 12.2 Å². The SMILES string of the molecule is CO[C@H]1C=C[C@@H](OC)[C@H]2[C@@H]1C=C[C@@H]1[C@H]2CC(=O)C2=CCC[C@@H]21. The molecule has 7 atom stereocenters. The van der Waals surface area contributed by atoms with Crippen LogP contribution in [0, 0.1) is 29.6 Å². The van der Waals surface area contributed by atoms with Crippen LogP contribution >= 0.6 is 0 Å². The Labute approximate surface area is 132 Å². The van der Waals surface area contributed by atoms with Gasteiger partial charge in [0, 0.05) is 32.5 Å². The Balaban J connectivity index is 1.73. The molecule has 4 aliphatic rings. The van der Waals surface area contributed by atoms with Gasteiger partial charge in [-0.15, -0.1) is 0 Å². The van der Waals surface area contributed by atoms with Crippen molar-refractivity contribution in [3.05, 3.63) is 36.0 Å². The quantitative estimate of drug-likeness (QED) is 0.736. The van der Waals surface area contributed by atoms with Crippen LogP contribution < -0.4 is 0 Å². The first-order valence-electron chi connectivity index (χ1n) is 8.40. The number of Topliss-reactive ketones (excluding diaryl/α,β-unsaturated/α-hetero) is 1. The van der Waals surface area contributed by atoms with Crippen LogP contribution in [-0.4, -0.2) is 32.2 Å². The van der Waals surface area contributed by atoms with Crippen molar-refractivity contribution in [3.63, 3.8) is 0 Å². The van der Waals surface area contributed by atoms with E-state index >= 15 is 0 Å². The maximum absolute atomic E-state index is 12.6. The second-order valence-electron chi connectivity index (χ2n) is 7.04. The van der Waals surface area contributed by atoms with Gasteiger partial charge in [-0.2, -0.15) is 0 Å². The summed E-state index contributed by atoms with van der Waals surface area (Å²) in [6.07, 6.45) is 14.2. The topological polar surface area (TPSA) is 35.5 Å². The molecule has 0 amide bonds. The van der Waals surface area contributed by atoms with Crippen LogP contribution in [0.25, 0.3) is 0 Å². The first-order chi connectivity index (χ1) is 10.7. The van der Waals surface area contributed by atoms with Gasteiger partial charge in [-0.05, 0) is 36.2 Å². The zero-order valence-electron chi connectivity index (χ0n) is 13.3. The Bertz CT molecular complexity index is 559. The van der Waals surface area contributed by atoms with E-state index in [9.17, 15) is 4.79 Å². The number of ketones is 1. The Morgan fingerprint density at radius 1 is 1.00 bits per heavy atom. The molecule has 118 valence electrons. The molecule has 0 aromatic heterocycles. The Kier molecular flexibility index (Phi) is 3.58. The third-order valence-corrected chi connectivity index (χ3v) is 6.23. The van der Waals surface area contributed by atoms with E-state index in [1.54, 1.807) is 14.2 Å². The highest BCUT2D eigenvalue weighted by atomic mass is 16.5. The van der Waals surface area contributed by atoms with Crippen molar-refractivity contribution in [3.8, 4) is 0 Å². The van der Waals surface area contributed by atoms with Gasteiger partial charge in [0.2, 0.25) is 0 Å². The minimum Gasteiger partial charge on any atom is -0.377 e. The summed E-state index contributed by atoms with van der Waals surface area (Å²) in [5.41, 5.74) is 1.10. The lowest BCUT2D eigenvalue weighted by atomic mass is 9.57. The van der Waals surface area contributed by atoms with Crippen LogP contribution in [0.1, 0.15) is 19.3 Å². The summed E-state index contributed by atoms with van der Waals surface area (Å²) in [5.74, 6) is 2.36. The summed E-state index contributed by atoms with van der Waals surface area (Å²) in [6.45, 7) is 0. The summed E-state index contributed by atoms with van der Waals surface area (Å²) < 4.78 is 11.4. The maximum Gasteiger partial charge on any atom is 0.159 e. The zero-order chi connectivity index (χ0) is 15.3. The van der Waals surface area contributed by atoms with Gasteiger partial charge in [-0.25, -0.2) is 0 Å². The predicted octanol–water partition coefficient (Wildman–Crippen LogP) is 2.93. The number of fused-ring (bicyclic) bond motifs is 5. The van der Waals surface area contributed by atoms with Crippen molar-refractivity contribution in [1.29, 1.82) is 0 Å². The Hall–Kier alpha value is -1.19. The average Bonchev–Trinajstić information content (AvgIpc) is 3.04. The van der Waals surface area contributed by atoms with Gasteiger partial charge in [0.15, 0.2) is 5.78 Å². The van der Waals surface area contributed by atoms with Crippen LogP contribution in [0.3, 0.4) is 0 Å². The molecule has 3 nitrogen and oxygen atoms in total. The van der Waals surface area contributed by atoms with Crippen LogP contribution in [0.4, 0.5) is 0 Å². The van der Waals surface area contributed by atoms with E-state index < -0.39 is 0 Å². The highest BCUT2D eigenvalue weighted by Gasteiger charge is 2.51. The third kappa shape index (κ3) is 1.99. The molecule has 0 N–H and O–H groups in total. The van der Waals surface area contributed by atoms with Gasteiger partial charge in [-0.1, -0.05) is 30.4 Å². The van der Waals surface area contributed by atoms with Crippen molar-refractivity contribution in [1.82, 2.24) is 0 Å². The van der Waals surface area contributed by atoms with Gasteiger partial charge in [0.05, 0.1) is 12.2 Å². The number of carbonyl (C=O) groups is 1. The summed E-state index contributed by atoms with van der Waals surface area (Å²) in [5, 5.41) is 0. The van der Waals surface area contributed by atoms with E-state index in [1.165, 1.54) is 0 Å². The first kappa shape index (κ1) is 14.4. The molecule has 4 rings (SSSR count). The molecule has 0 unspecified atom stereocenters. The minimum atomic E-state index is 0.0913. The highest BCUT2D eigenvalue weighted by molar-refractivity contribution is 5.97. The zero-order valence-corrected chi connectivity index (χ0v) is 13.3. The highest BCUT2D eigenvalue weighted by Crippen LogP contribution is 2.52. The fourth-order valence-electron chi connectivity index (χ4n) is 5.29. The third-order valence-electron chi connectivity index (χ3n) is 6.23. The Morgan fingerprint density at radius 2 is 1.73 bits per heavy atom. The molecule has 22 heavy (non-hydrogen) atoms. The van der Waals surface area contributed by atoms with Crippen molar-refractivity contribution in [2.75, 3.05) is 14.2 Å². The molecule has 4 aliphatic carbocycles. The number of methoxy groups -OCH3 is 2. The maximum atomic E-state index is 12.6. The lowest BCUT2D eigenvalue weighted by Gasteiger charge is -2.49. The molecule has 0 aromatic rings. The van der Waals surface area contributed by atoms with Gasteiger partial charge < -0.3 is 9.47 Å². The van der Waals surface area contributed by atoms with Crippen molar-refractivity contribution >= 4 is 5.78 Å². The monoisotopic (exact) mass is 300 g/mol. The lowest BCUT2D eigenvalue weighted by molar-refractivity contribution is -0.122. The lowest BCUT2D eigenvalue weighted by Crippen LogP contribution is -2.50. The molecule has 0 aliphatic heterocycles. The van der Waals surface area contributed by atoms with Crippen LogP contribution in [0.2, 0.25) is 0 Å². The number of carbonyl (C=O) groups excluding carboxylic acids is 1. The average molecular weight is 300 g/mol. The molecule has 1 saturated carbocycles. The van der Waals surface area contributed by atoms with E-state index in [4.69, 9.17) is 9.47 Å². The molecular formula is C19H24O3. The molecule has 1 fully saturated rings. The fraction of sp³-hybridized carbons (Fsp3) is 0.632. The van der Waals surface area contributed by atoms with E-state index in [1.807, 2.05) is 0 Å². The summed E-state index contributed by atoms with van der Waals surface area (Å²) >= 11 is 0. The second kappa shape index (κ2) is 5.47. The van der Waals surface area contributed by atoms with Crippen LogP contribution in [-0.2, 0) is 14.3 Å². The number of allylic oxidation sites excluding steroid dienone is 3. The van der Waals surface area contributed by atoms with E-state index in [2.05, 4.69) is 30.4 Å². The van der Waals surface area contributed by atoms with Crippen molar-refractivity contribution < 1.29 is 14.3 Å². The number of hydrogen-bond donors (Lipinski definition) is 0. The summed E-state index contributed by atoms with van der Waals surface area (Å²) in [4.78, 5) is 12.6. The molecule has 0 bridgehead atoms. The molecule has 0 heterocycles. The second-order valence-corrected chi connectivity index (χ2v) is 7.04. The molecule has 0 saturated heterocycles. The largest absolute Gasteiger partial charge is 0.377 e. The number of hydrogen-bond acceptors (Lipinski definition) is 3. The summed E-state index contributed by atoms with van der Waals surface area (Å²) in [6, 6.07) is 0. The number of ether oxygens (including phenoxy) is 2. The molecule has 0 radical (unpaired) electrons. The standard InChI is InChI=1S/C19H24O3/c1-21-17-8-9-18(22-2)19-14(17)7-6-12-11-4-3-5-13(11)16(20)10-15(12)19/h5-9,11-12,14-15,17-19H,3-4,10H2,1-2H3/t11-,12+,14-,15-,17+,18-,19+/m1/s1. The van der Waals surface area contributed by atoms with Crippen LogP contribution in [0.15, 0.2) is 36.0 Å². The smallest absolute Gasteiger partial charge is 0.159 e. The molecule has 0 spiro atoms. The van der Waals surface area contributed by atoms with Gasteiger partial charge in [0.1, 0.15) is 0 Å². The van der Waals surface area contributed by atoms with Gasteiger partial charge in [-0.3, -0.25) is 4.79 Å². The number of rotatable bonds is 2. The van der Waals surface area contributed by atoms with Crippen molar-refractivity contribution in [2.24, 2.45) is 29.6 Å². The van der Waals surface area contributed by atoms with Gasteiger partial charge in [0.25, 0.3) is 0 Å². The minimum absolute atomic E-state index is 0.0913. The van der Waals surface area contributed by atoms with Crippen molar-refractivity contribution in [2.45, 2.75) is 31.5 Å². The first-order valence-corrected chi connectivity index (χ1v) is 8.40. The van der Waals surface area contributed by atoms with E-state index in [0.29, 0.717) is 41.8 Å². The molecule has 3 heteroatoms. The Morgan fingerprint density at radius 3 is 2.50 bits per heavy atom. The molecular weight excluding hydrogens is 276 g/mol. The normalized spacial score (nSPS) is 46.0. The van der Waals surface area contributed by atoms with Gasteiger partial charge >= 0.3 is 0 Å². The molecule has 0 aromatic carbocycles. The fourth-order valence-corrected chi connectivity index (χ4v) is 5.29.